The Bertz CT molecular complexity index is 1100. The predicted molar refractivity (Wildman–Crippen MR) is 122 cm³/mol. The summed E-state index contributed by atoms with van der Waals surface area (Å²) < 4.78 is 7.83. The minimum Gasteiger partial charge on any atom is -0.372 e. The molecular formula is C23H27N5O4. The summed E-state index contributed by atoms with van der Waals surface area (Å²) in [6.07, 6.45) is 4.14. The van der Waals surface area contributed by atoms with Crippen LogP contribution >= 0.6 is 0 Å². The van der Waals surface area contributed by atoms with E-state index in [0.29, 0.717) is 12.2 Å². The Morgan fingerprint density at radius 2 is 2.06 bits per heavy atom. The molecule has 0 spiro atoms. The maximum atomic E-state index is 12.3. The molecule has 4 rings (SSSR count). The van der Waals surface area contributed by atoms with Crippen LogP contribution in [0.15, 0.2) is 48.8 Å². The van der Waals surface area contributed by atoms with Crippen LogP contribution in [0.2, 0.25) is 0 Å². The molecule has 2 aromatic heterocycles. The minimum atomic E-state index is -0.520. The minimum absolute atomic E-state index is 0.175. The van der Waals surface area contributed by atoms with Gasteiger partial charge in [-0.1, -0.05) is 12.1 Å². The number of anilines is 2. The van der Waals surface area contributed by atoms with Crippen LogP contribution in [0.25, 0.3) is 16.9 Å². The topological polar surface area (TPSA) is 88.4 Å². The number of carbonyl (C=O) groups is 2. The number of hydrogen-bond donors (Lipinski definition) is 1. The summed E-state index contributed by atoms with van der Waals surface area (Å²) in [5.41, 5.74) is 4.05. The highest BCUT2D eigenvalue weighted by atomic mass is 16.7. The lowest BCUT2D eigenvalue weighted by Gasteiger charge is -2.36. The van der Waals surface area contributed by atoms with E-state index in [1.165, 1.54) is 0 Å². The number of rotatable bonds is 6. The number of ether oxygens (including phenoxy) is 1. The summed E-state index contributed by atoms with van der Waals surface area (Å²) in [4.78, 5) is 35.0. The fourth-order valence-corrected chi connectivity index (χ4v) is 4.05. The van der Waals surface area contributed by atoms with Gasteiger partial charge >= 0.3 is 12.5 Å². The lowest BCUT2D eigenvalue weighted by Crippen LogP contribution is -2.45. The zero-order valence-electron chi connectivity index (χ0n) is 18.4. The molecule has 1 aliphatic heterocycles. The second-order valence-corrected chi connectivity index (χ2v) is 7.80. The largest absolute Gasteiger partial charge is 0.372 e. The molecule has 1 saturated heterocycles. The maximum Gasteiger partial charge on any atom is 0.355 e. The van der Waals surface area contributed by atoms with Crippen molar-refractivity contribution in [3.63, 3.8) is 0 Å². The van der Waals surface area contributed by atoms with E-state index in [-0.39, 0.29) is 18.7 Å². The second kappa shape index (κ2) is 9.27. The van der Waals surface area contributed by atoms with Gasteiger partial charge in [-0.2, -0.15) is 0 Å². The van der Waals surface area contributed by atoms with Crippen molar-refractivity contribution in [2.45, 2.75) is 33.0 Å². The Morgan fingerprint density at radius 1 is 1.28 bits per heavy atom. The smallest absolute Gasteiger partial charge is 0.355 e. The molecule has 2 amide bonds. The molecule has 1 fully saturated rings. The average Bonchev–Trinajstić information content (AvgIpc) is 3.20. The van der Waals surface area contributed by atoms with Gasteiger partial charge in [0, 0.05) is 43.1 Å². The summed E-state index contributed by atoms with van der Waals surface area (Å²) in [7, 11) is 0. The van der Waals surface area contributed by atoms with Crippen molar-refractivity contribution in [3.05, 3.63) is 48.8 Å². The Labute approximate surface area is 186 Å². The zero-order chi connectivity index (χ0) is 22.7. The quantitative estimate of drug-likeness (QED) is 0.471. The highest BCUT2D eigenvalue weighted by molar-refractivity contribution is 5.91. The summed E-state index contributed by atoms with van der Waals surface area (Å²) >= 11 is 0. The third-order valence-corrected chi connectivity index (χ3v) is 5.32. The third kappa shape index (κ3) is 4.38. The molecule has 0 radical (unpaired) electrons. The zero-order valence-corrected chi connectivity index (χ0v) is 18.4. The van der Waals surface area contributed by atoms with Gasteiger partial charge in [-0.25, -0.2) is 9.78 Å². The van der Waals surface area contributed by atoms with E-state index in [2.05, 4.69) is 41.2 Å². The lowest BCUT2D eigenvalue weighted by atomic mass is 10.1. The van der Waals surface area contributed by atoms with E-state index in [0.717, 1.165) is 40.7 Å². The SMILES string of the molecule is CCNC(=O)N(OC=O)c1cccc(-c2cnc3cc(N4C[C@@H](C)O[C@H](C)C4)ccn23)c1. The summed E-state index contributed by atoms with van der Waals surface area (Å²) in [5.74, 6) is 0. The van der Waals surface area contributed by atoms with Crippen molar-refractivity contribution in [3.8, 4) is 11.3 Å². The number of hydroxylamine groups is 1. The molecule has 2 atom stereocenters. The number of fused-ring (bicyclic) bond motifs is 1. The van der Waals surface area contributed by atoms with Gasteiger partial charge in [0.25, 0.3) is 0 Å². The van der Waals surface area contributed by atoms with Crippen LogP contribution in [0.3, 0.4) is 0 Å². The number of urea groups is 1. The molecule has 1 N–H and O–H groups in total. The van der Waals surface area contributed by atoms with E-state index in [4.69, 9.17) is 9.57 Å². The number of carbonyl (C=O) groups excluding carboxylic acids is 2. The number of amides is 2. The van der Waals surface area contributed by atoms with Crippen LogP contribution in [0.5, 0.6) is 0 Å². The molecule has 9 heteroatoms. The van der Waals surface area contributed by atoms with Crippen molar-refractivity contribution in [2.24, 2.45) is 0 Å². The first-order chi connectivity index (χ1) is 15.5. The van der Waals surface area contributed by atoms with Gasteiger partial charge in [-0.05, 0) is 39.0 Å². The molecule has 32 heavy (non-hydrogen) atoms. The van der Waals surface area contributed by atoms with E-state index in [1.54, 1.807) is 31.3 Å². The van der Waals surface area contributed by atoms with E-state index < -0.39 is 6.03 Å². The monoisotopic (exact) mass is 437 g/mol. The van der Waals surface area contributed by atoms with Gasteiger partial charge in [-0.3, -0.25) is 9.20 Å². The Kier molecular flexibility index (Phi) is 6.27. The van der Waals surface area contributed by atoms with Crippen LogP contribution in [-0.2, 0) is 14.4 Å². The first-order valence-electron chi connectivity index (χ1n) is 10.7. The highest BCUT2D eigenvalue weighted by Crippen LogP contribution is 2.28. The molecule has 168 valence electrons. The average molecular weight is 438 g/mol. The van der Waals surface area contributed by atoms with E-state index >= 15 is 0 Å². The molecule has 3 heterocycles. The van der Waals surface area contributed by atoms with E-state index in [9.17, 15) is 9.59 Å². The van der Waals surface area contributed by atoms with Crippen molar-refractivity contribution in [1.29, 1.82) is 0 Å². The normalized spacial score (nSPS) is 18.4. The molecule has 0 unspecified atom stereocenters. The molecule has 3 aromatic rings. The van der Waals surface area contributed by atoms with Crippen molar-refractivity contribution in [1.82, 2.24) is 14.7 Å². The van der Waals surface area contributed by atoms with Crippen LogP contribution in [0.1, 0.15) is 20.8 Å². The molecule has 9 nitrogen and oxygen atoms in total. The summed E-state index contributed by atoms with van der Waals surface area (Å²) in [6, 6.07) is 10.8. The van der Waals surface area contributed by atoms with Gasteiger partial charge < -0.3 is 19.8 Å². The number of benzene rings is 1. The standard InChI is InChI=1S/C23H27N5O4/c1-4-24-23(30)28(31-15-29)20-7-5-6-18(10-20)21-12-25-22-11-19(8-9-27(21)22)26-13-16(2)32-17(3)14-26/h5-12,15-17H,4,13-14H2,1-3H3,(H,24,30)/t16-,17-/m1/s1. The maximum absolute atomic E-state index is 12.3. The molecule has 1 aromatic carbocycles. The van der Waals surface area contributed by atoms with Crippen molar-refractivity contribution in [2.75, 3.05) is 29.6 Å². The van der Waals surface area contributed by atoms with Gasteiger partial charge in [0.2, 0.25) is 0 Å². The van der Waals surface area contributed by atoms with Crippen LogP contribution in [-0.4, -0.2) is 53.7 Å². The number of morpholine rings is 1. The molecule has 0 bridgehead atoms. The number of nitrogens with one attached hydrogen (secondary N) is 1. The lowest BCUT2D eigenvalue weighted by molar-refractivity contribution is -0.128. The van der Waals surface area contributed by atoms with Gasteiger partial charge in [-0.15, -0.1) is 5.06 Å². The van der Waals surface area contributed by atoms with Gasteiger partial charge in [0.1, 0.15) is 5.65 Å². The first-order valence-corrected chi connectivity index (χ1v) is 10.7. The predicted octanol–water partition coefficient (Wildman–Crippen LogP) is 3.24. The Morgan fingerprint density at radius 3 is 2.78 bits per heavy atom. The molecule has 0 aliphatic carbocycles. The number of pyridine rings is 1. The molecular weight excluding hydrogens is 410 g/mol. The van der Waals surface area contributed by atoms with Crippen LogP contribution in [0, 0.1) is 0 Å². The number of nitrogens with zero attached hydrogens (tertiary/aromatic N) is 4. The number of aromatic nitrogens is 2. The Hall–Kier alpha value is -3.59. The second-order valence-electron chi connectivity index (χ2n) is 7.80. The van der Waals surface area contributed by atoms with Crippen LogP contribution < -0.4 is 15.3 Å². The summed E-state index contributed by atoms with van der Waals surface area (Å²) in [6.45, 7) is 8.27. The fourth-order valence-electron chi connectivity index (χ4n) is 4.05. The molecule has 1 aliphatic rings. The van der Waals surface area contributed by atoms with Crippen LogP contribution in [0.4, 0.5) is 16.2 Å². The van der Waals surface area contributed by atoms with Crippen molar-refractivity contribution < 1.29 is 19.2 Å². The van der Waals surface area contributed by atoms with Gasteiger partial charge in [0.15, 0.2) is 0 Å². The summed E-state index contributed by atoms with van der Waals surface area (Å²) in [5, 5.41) is 3.56. The molecule has 0 saturated carbocycles. The Balaban J connectivity index is 1.65. The van der Waals surface area contributed by atoms with E-state index in [1.807, 2.05) is 16.7 Å². The first kappa shape index (κ1) is 21.6. The number of hydrogen-bond acceptors (Lipinski definition) is 6. The number of imidazole rings is 1. The van der Waals surface area contributed by atoms with Crippen molar-refractivity contribution >= 4 is 29.5 Å². The fraction of sp³-hybridized carbons (Fsp3) is 0.348. The highest BCUT2D eigenvalue weighted by Gasteiger charge is 2.23. The van der Waals surface area contributed by atoms with Gasteiger partial charge in [0.05, 0.1) is 29.8 Å². The third-order valence-electron chi connectivity index (χ3n) is 5.32.